The van der Waals surface area contributed by atoms with E-state index in [1.54, 1.807) is 0 Å². The standard InChI is InChI=1S/C20H28N4OS/c1-14(2)15(3)21-19(25)17-9-11-24(12-10-17)20-22-18(23-26-20)13-16-7-5-4-6-8-16/h4-8,14-15,17H,9-13H2,1-3H3,(H,21,25). The Morgan fingerprint density at radius 1 is 1.23 bits per heavy atom. The van der Waals surface area contributed by atoms with Crippen molar-refractivity contribution >= 4 is 22.6 Å². The van der Waals surface area contributed by atoms with Gasteiger partial charge in [-0.2, -0.15) is 4.37 Å². The van der Waals surface area contributed by atoms with E-state index in [-0.39, 0.29) is 17.9 Å². The molecule has 140 valence electrons. The van der Waals surface area contributed by atoms with Crippen LogP contribution >= 0.6 is 11.5 Å². The molecule has 0 saturated carbocycles. The van der Waals surface area contributed by atoms with Crippen molar-refractivity contribution in [3.8, 4) is 0 Å². The van der Waals surface area contributed by atoms with Crippen LogP contribution < -0.4 is 10.2 Å². The summed E-state index contributed by atoms with van der Waals surface area (Å²) in [5.41, 5.74) is 1.23. The summed E-state index contributed by atoms with van der Waals surface area (Å²) in [7, 11) is 0. The maximum atomic E-state index is 12.4. The van der Waals surface area contributed by atoms with Crippen LogP contribution in [0.2, 0.25) is 0 Å². The second kappa shape index (κ2) is 8.62. The SMILES string of the molecule is CC(C)C(C)NC(=O)C1CCN(c2nc(Cc3ccccc3)ns2)CC1. The number of aromatic nitrogens is 2. The summed E-state index contributed by atoms with van der Waals surface area (Å²) < 4.78 is 4.51. The van der Waals surface area contributed by atoms with Gasteiger partial charge in [-0.15, -0.1) is 0 Å². The van der Waals surface area contributed by atoms with Gasteiger partial charge >= 0.3 is 0 Å². The highest BCUT2D eigenvalue weighted by molar-refractivity contribution is 7.09. The lowest BCUT2D eigenvalue weighted by Crippen LogP contribution is -2.44. The fourth-order valence-electron chi connectivity index (χ4n) is 3.07. The van der Waals surface area contributed by atoms with Crippen LogP contribution in [0.5, 0.6) is 0 Å². The number of nitrogens with one attached hydrogen (secondary N) is 1. The Hall–Kier alpha value is -1.95. The van der Waals surface area contributed by atoms with Crippen molar-refractivity contribution in [3.63, 3.8) is 0 Å². The van der Waals surface area contributed by atoms with Gasteiger partial charge in [0.15, 0.2) is 0 Å². The van der Waals surface area contributed by atoms with Gasteiger partial charge in [0.25, 0.3) is 0 Å². The molecule has 1 fully saturated rings. The van der Waals surface area contributed by atoms with Crippen LogP contribution in [0.25, 0.3) is 0 Å². The van der Waals surface area contributed by atoms with Gasteiger partial charge in [0.1, 0.15) is 5.82 Å². The molecular formula is C20H28N4OS. The minimum atomic E-state index is 0.115. The van der Waals surface area contributed by atoms with E-state index in [2.05, 4.69) is 47.5 Å². The Bertz CT molecular complexity index is 708. The van der Waals surface area contributed by atoms with Gasteiger partial charge in [0.2, 0.25) is 11.0 Å². The maximum absolute atomic E-state index is 12.4. The zero-order valence-electron chi connectivity index (χ0n) is 15.8. The molecule has 6 heteroatoms. The highest BCUT2D eigenvalue weighted by atomic mass is 32.1. The van der Waals surface area contributed by atoms with Crippen molar-refractivity contribution in [3.05, 3.63) is 41.7 Å². The number of nitrogens with zero attached hydrogens (tertiary/aromatic N) is 3. The first-order valence-electron chi connectivity index (χ1n) is 9.44. The van der Waals surface area contributed by atoms with Gasteiger partial charge in [-0.1, -0.05) is 44.2 Å². The first kappa shape index (κ1) is 18.8. The second-order valence-electron chi connectivity index (χ2n) is 7.46. The fourth-order valence-corrected chi connectivity index (χ4v) is 3.80. The summed E-state index contributed by atoms with van der Waals surface area (Å²) >= 11 is 1.46. The Morgan fingerprint density at radius 2 is 1.92 bits per heavy atom. The Balaban J connectivity index is 1.51. The molecular weight excluding hydrogens is 344 g/mol. The smallest absolute Gasteiger partial charge is 0.223 e. The van der Waals surface area contributed by atoms with Crippen molar-refractivity contribution in [1.29, 1.82) is 0 Å². The van der Waals surface area contributed by atoms with Crippen molar-refractivity contribution < 1.29 is 4.79 Å². The highest BCUT2D eigenvalue weighted by Crippen LogP contribution is 2.25. The van der Waals surface area contributed by atoms with Crippen LogP contribution in [-0.4, -0.2) is 34.4 Å². The van der Waals surface area contributed by atoms with Crippen LogP contribution in [-0.2, 0) is 11.2 Å². The molecule has 1 saturated heterocycles. The van der Waals surface area contributed by atoms with E-state index in [0.717, 1.165) is 43.3 Å². The zero-order valence-corrected chi connectivity index (χ0v) is 16.6. The summed E-state index contributed by atoms with van der Waals surface area (Å²) in [4.78, 5) is 19.4. The summed E-state index contributed by atoms with van der Waals surface area (Å²) in [6.45, 7) is 8.08. The maximum Gasteiger partial charge on any atom is 0.223 e. The van der Waals surface area contributed by atoms with Crippen LogP contribution in [0.4, 0.5) is 5.13 Å². The molecule has 1 N–H and O–H groups in total. The number of hydrogen-bond acceptors (Lipinski definition) is 5. The second-order valence-corrected chi connectivity index (χ2v) is 8.19. The molecule has 1 amide bonds. The van der Waals surface area contributed by atoms with E-state index in [1.165, 1.54) is 17.1 Å². The highest BCUT2D eigenvalue weighted by Gasteiger charge is 2.27. The van der Waals surface area contributed by atoms with E-state index in [9.17, 15) is 4.79 Å². The average molecular weight is 373 g/mol. The number of anilines is 1. The number of rotatable bonds is 6. The average Bonchev–Trinajstić information content (AvgIpc) is 3.11. The van der Waals surface area contributed by atoms with Crippen molar-refractivity contribution in [2.75, 3.05) is 18.0 Å². The van der Waals surface area contributed by atoms with Crippen LogP contribution in [0.15, 0.2) is 30.3 Å². The molecule has 1 aliphatic rings. The third kappa shape index (κ3) is 4.81. The number of benzene rings is 1. The van der Waals surface area contributed by atoms with Gasteiger partial charge < -0.3 is 10.2 Å². The predicted octanol–water partition coefficient (Wildman–Crippen LogP) is 3.51. The van der Waals surface area contributed by atoms with Crippen molar-refractivity contribution in [1.82, 2.24) is 14.7 Å². The largest absolute Gasteiger partial charge is 0.353 e. The van der Waals surface area contributed by atoms with Crippen molar-refractivity contribution in [2.45, 2.75) is 46.1 Å². The van der Waals surface area contributed by atoms with Crippen LogP contribution in [0, 0.1) is 11.8 Å². The predicted molar refractivity (Wildman–Crippen MR) is 107 cm³/mol. The van der Waals surface area contributed by atoms with E-state index in [4.69, 9.17) is 4.98 Å². The number of hydrogen-bond donors (Lipinski definition) is 1. The molecule has 1 aromatic heterocycles. The fraction of sp³-hybridized carbons (Fsp3) is 0.550. The lowest BCUT2D eigenvalue weighted by Gasteiger charge is -2.31. The van der Waals surface area contributed by atoms with Gasteiger partial charge in [-0.3, -0.25) is 4.79 Å². The molecule has 5 nitrogen and oxygen atoms in total. The number of carbonyl (C=O) groups excluding carboxylic acids is 1. The van der Waals surface area contributed by atoms with Crippen molar-refractivity contribution in [2.24, 2.45) is 11.8 Å². The minimum absolute atomic E-state index is 0.115. The van der Waals surface area contributed by atoms with Gasteiger partial charge in [0, 0.05) is 43.0 Å². The van der Waals surface area contributed by atoms with Crippen LogP contribution in [0.3, 0.4) is 0 Å². The van der Waals surface area contributed by atoms with E-state index >= 15 is 0 Å². The number of piperidine rings is 1. The quantitative estimate of drug-likeness (QED) is 0.843. The lowest BCUT2D eigenvalue weighted by molar-refractivity contribution is -0.126. The van der Waals surface area contributed by atoms with E-state index in [1.807, 2.05) is 18.2 Å². The van der Waals surface area contributed by atoms with Gasteiger partial charge in [-0.25, -0.2) is 4.98 Å². The number of amides is 1. The molecule has 2 aromatic rings. The summed E-state index contributed by atoms with van der Waals surface area (Å²) in [5.74, 6) is 1.65. The first-order chi connectivity index (χ1) is 12.5. The molecule has 2 heterocycles. The molecule has 1 aromatic carbocycles. The normalized spacial score (nSPS) is 16.7. The Morgan fingerprint density at radius 3 is 2.58 bits per heavy atom. The molecule has 1 aliphatic heterocycles. The summed E-state index contributed by atoms with van der Waals surface area (Å²) in [6.07, 6.45) is 2.53. The topological polar surface area (TPSA) is 58.1 Å². The third-order valence-corrected chi connectivity index (χ3v) is 5.98. The lowest BCUT2D eigenvalue weighted by atomic mass is 9.95. The number of carbonyl (C=O) groups is 1. The zero-order chi connectivity index (χ0) is 18.5. The molecule has 1 unspecified atom stereocenters. The molecule has 0 spiro atoms. The Labute approximate surface area is 160 Å². The molecule has 3 rings (SSSR count). The minimum Gasteiger partial charge on any atom is -0.353 e. The molecule has 0 aliphatic carbocycles. The summed E-state index contributed by atoms with van der Waals surface area (Å²) in [5, 5.41) is 4.13. The molecule has 0 radical (unpaired) electrons. The molecule has 1 atom stereocenters. The summed E-state index contributed by atoms with van der Waals surface area (Å²) in [6, 6.07) is 10.5. The Kier molecular flexibility index (Phi) is 6.25. The third-order valence-electron chi connectivity index (χ3n) is 5.17. The molecule has 26 heavy (non-hydrogen) atoms. The molecule has 0 bridgehead atoms. The monoisotopic (exact) mass is 372 g/mol. The van der Waals surface area contributed by atoms with E-state index < -0.39 is 0 Å². The first-order valence-corrected chi connectivity index (χ1v) is 10.2. The van der Waals surface area contributed by atoms with Crippen LogP contribution in [0.1, 0.15) is 45.0 Å². The van der Waals surface area contributed by atoms with E-state index in [0.29, 0.717) is 5.92 Å². The van der Waals surface area contributed by atoms with Gasteiger partial charge in [-0.05, 0) is 31.2 Å². The van der Waals surface area contributed by atoms with Gasteiger partial charge in [0.05, 0.1) is 0 Å².